The highest BCUT2D eigenvalue weighted by Gasteiger charge is 2.02. The van der Waals surface area contributed by atoms with Crippen molar-refractivity contribution in [3.63, 3.8) is 0 Å². The minimum atomic E-state index is -0.132. The monoisotopic (exact) mass is 176 g/mol. The number of aromatic nitrogens is 2. The molecule has 2 rings (SSSR count). The van der Waals surface area contributed by atoms with Crippen LogP contribution in [0.1, 0.15) is 0 Å². The third-order valence-corrected chi connectivity index (χ3v) is 1.78. The van der Waals surface area contributed by atoms with Crippen LogP contribution >= 0.6 is 0 Å². The molecule has 0 amide bonds. The summed E-state index contributed by atoms with van der Waals surface area (Å²) < 4.78 is 0. The molecule has 4 nitrogen and oxygen atoms in total. The number of aromatic hydroxyl groups is 2. The number of benzene rings is 1. The first-order chi connectivity index (χ1) is 6.27. The molecule has 3 N–H and O–H groups in total. The van der Waals surface area contributed by atoms with E-state index < -0.39 is 0 Å². The van der Waals surface area contributed by atoms with Gasteiger partial charge in [-0.2, -0.15) is 0 Å². The van der Waals surface area contributed by atoms with Crippen LogP contribution in [0.15, 0.2) is 30.7 Å². The molecule has 13 heavy (non-hydrogen) atoms. The topological polar surface area (TPSA) is 69.1 Å². The standard InChI is InChI=1S/C9H8N2O2/c12-8-2-1-6(3-9(8)13)7-4-10-5-11-7/h1-5,12-13H,(H,10,11). The maximum Gasteiger partial charge on any atom is 0.158 e. The van der Waals surface area contributed by atoms with Crippen molar-refractivity contribution in [1.29, 1.82) is 0 Å². The molecule has 0 aliphatic heterocycles. The third kappa shape index (κ3) is 1.33. The van der Waals surface area contributed by atoms with Gasteiger partial charge >= 0.3 is 0 Å². The lowest BCUT2D eigenvalue weighted by Crippen LogP contribution is -1.76. The maximum absolute atomic E-state index is 9.21. The normalized spacial score (nSPS) is 10.2. The number of phenols is 2. The van der Waals surface area contributed by atoms with Crippen LogP contribution in [-0.4, -0.2) is 20.2 Å². The summed E-state index contributed by atoms with van der Waals surface area (Å²) in [5.74, 6) is -0.254. The number of imidazole rings is 1. The molecule has 4 heteroatoms. The molecule has 1 aromatic carbocycles. The van der Waals surface area contributed by atoms with E-state index in [4.69, 9.17) is 5.11 Å². The Hall–Kier alpha value is -1.97. The van der Waals surface area contributed by atoms with Crippen LogP contribution in [0, 0.1) is 0 Å². The molecule has 1 heterocycles. The second-order valence-corrected chi connectivity index (χ2v) is 2.67. The highest BCUT2D eigenvalue weighted by Crippen LogP contribution is 2.29. The van der Waals surface area contributed by atoms with Gasteiger partial charge in [0.1, 0.15) is 0 Å². The quantitative estimate of drug-likeness (QED) is 0.576. The summed E-state index contributed by atoms with van der Waals surface area (Å²) in [4.78, 5) is 6.75. The number of hydrogen-bond donors (Lipinski definition) is 3. The first kappa shape index (κ1) is 7.67. The zero-order valence-corrected chi connectivity index (χ0v) is 6.73. The number of H-pyrrole nitrogens is 1. The Bertz CT molecular complexity index is 410. The van der Waals surface area contributed by atoms with E-state index in [9.17, 15) is 5.11 Å². The molecule has 0 saturated heterocycles. The average Bonchev–Trinajstić information content (AvgIpc) is 2.62. The molecule has 1 aromatic heterocycles. The number of rotatable bonds is 1. The molecule has 2 aromatic rings. The fraction of sp³-hybridized carbons (Fsp3) is 0. The summed E-state index contributed by atoms with van der Waals surface area (Å²) in [5.41, 5.74) is 1.59. The van der Waals surface area contributed by atoms with Gasteiger partial charge in [-0.05, 0) is 18.2 Å². The molecule has 0 radical (unpaired) electrons. The van der Waals surface area contributed by atoms with E-state index in [1.54, 1.807) is 18.6 Å². The van der Waals surface area contributed by atoms with Gasteiger partial charge in [0.15, 0.2) is 11.5 Å². The van der Waals surface area contributed by atoms with Crippen LogP contribution < -0.4 is 0 Å². The molecule has 0 aliphatic rings. The van der Waals surface area contributed by atoms with Crippen molar-refractivity contribution in [2.75, 3.05) is 0 Å². The van der Waals surface area contributed by atoms with Gasteiger partial charge in [0.05, 0.1) is 18.2 Å². The number of aromatic amines is 1. The molecule has 0 atom stereocenters. The van der Waals surface area contributed by atoms with E-state index in [-0.39, 0.29) is 11.5 Å². The number of phenolic OH excluding ortho intramolecular Hbond substituents is 2. The van der Waals surface area contributed by atoms with E-state index in [0.717, 1.165) is 11.3 Å². The SMILES string of the molecule is Oc1ccc(-c2cnc[nH]2)cc1O. The smallest absolute Gasteiger partial charge is 0.158 e. The number of hydrogen-bond acceptors (Lipinski definition) is 3. The number of nitrogens with zero attached hydrogens (tertiary/aromatic N) is 1. The highest BCUT2D eigenvalue weighted by atomic mass is 16.3. The summed E-state index contributed by atoms with van der Waals surface area (Å²) in [6.45, 7) is 0. The van der Waals surface area contributed by atoms with Gasteiger partial charge < -0.3 is 15.2 Å². The van der Waals surface area contributed by atoms with Gasteiger partial charge in [0, 0.05) is 5.56 Å². The van der Waals surface area contributed by atoms with E-state index in [1.807, 2.05) is 0 Å². The zero-order chi connectivity index (χ0) is 9.26. The Labute approximate surface area is 74.5 Å². The third-order valence-electron chi connectivity index (χ3n) is 1.78. The van der Waals surface area contributed by atoms with Gasteiger partial charge in [-0.1, -0.05) is 0 Å². The second-order valence-electron chi connectivity index (χ2n) is 2.67. The molecule has 0 saturated carbocycles. The summed E-state index contributed by atoms with van der Waals surface area (Å²) in [6, 6.07) is 4.61. The predicted molar refractivity (Wildman–Crippen MR) is 47.4 cm³/mol. The molecule has 0 bridgehead atoms. The van der Waals surface area contributed by atoms with Crippen molar-refractivity contribution in [3.8, 4) is 22.8 Å². The lowest BCUT2D eigenvalue weighted by molar-refractivity contribution is 0.404. The Balaban J connectivity index is 2.49. The van der Waals surface area contributed by atoms with Crippen molar-refractivity contribution in [2.24, 2.45) is 0 Å². The molecular formula is C9H8N2O2. The van der Waals surface area contributed by atoms with Crippen LogP contribution in [0.5, 0.6) is 11.5 Å². The van der Waals surface area contributed by atoms with Crippen molar-refractivity contribution in [1.82, 2.24) is 9.97 Å². The number of nitrogens with one attached hydrogen (secondary N) is 1. The van der Waals surface area contributed by atoms with Gasteiger partial charge in [-0.3, -0.25) is 0 Å². The second kappa shape index (κ2) is 2.82. The van der Waals surface area contributed by atoms with E-state index in [2.05, 4.69) is 9.97 Å². The Morgan fingerprint density at radius 2 is 2.00 bits per heavy atom. The van der Waals surface area contributed by atoms with Crippen molar-refractivity contribution in [3.05, 3.63) is 30.7 Å². The first-order valence-electron chi connectivity index (χ1n) is 3.78. The van der Waals surface area contributed by atoms with Gasteiger partial charge in [0.2, 0.25) is 0 Å². The van der Waals surface area contributed by atoms with Crippen molar-refractivity contribution in [2.45, 2.75) is 0 Å². The summed E-state index contributed by atoms with van der Waals surface area (Å²) in [6.07, 6.45) is 3.20. The summed E-state index contributed by atoms with van der Waals surface area (Å²) in [5, 5.41) is 18.3. The minimum absolute atomic E-state index is 0.122. The van der Waals surface area contributed by atoms with E-state index >= 15 is 0 Å². The lowest BCUT2D eigenvalue weighted by atomic mass is 10.1. The van der Waals surface area contributed by atoms with Crippen LogP contribution in [0.2, 0.25) is 0 Å². The van der Waals surface area contributed by atoms with Crippen LogP contribution in [-0.2, 0) is 0 Å². The van der Waals surface area contributed by atoms with Crippen LogP contribution in [0.3, 0.4) is 0 Å². The molecule has 0 spiro atoms. The maximum atomic E-state index is 9.21. The largest absolute Gasteiger partial charge is 0.504 e. The zero-order valence-electron chi connectivity index (χ0n) is 6.73. The van der Waals surface area contributed by atoms with Gasteiger partial charge in [-0.15, -0.1) is 0 Å². The molecule has 0 aliphatic carbocycles. The summed E-state index contributed by atoms with van der Waals surface area (Å²) in [7, 11) is 0. The van der Waals surface area contributed by atoms with Crippen molar-refractivity contribution < 1.29 is 10.2 Å². The van der Waals surface area contributed by atoms with E-state index in [0.29, 0.717) is 0 Å². The van der Waals surface area contributed by atoms with Crippen molar-refractivity contribution >= 4 is 0 Å². The van der Waals surface area contributed by atoms with Gasteiger partial charge in [0.25, 0.3) is 0 Å². The summed E-state index contributed by atoms with van der Waals surface area (Å²) >= 11 is 0. The highest BCUT2D eigenvalue weighted by molar-refractivity contribution is 5.62. The van der Waals surface area contributed by atoms with E-state index in [1.165, 1.54) is 12.1 Å². The van der Waals surface area contributed by atoms with Crippen LogP contribution in [0.25, 0.3) is 11.3 Å². The Morgan fingerprint density at radius 3 is 2.62 bits per heavy atom. The molecule has 0 unspecified atom stereocenters. The Morgan fingerprint density at radius 1 is 1.15 bits per heavy atom. The minimum Gasteiger partial charge on any atom is -0.504 e. The Kier molecular flexibility index (Phi) is 1.66. The molecule has 0 fully saturated rings. The molecular weight excluding hydrogens is 168 g/mol. The molecule has 66 valence electrons. The lowest BCUT2D eigenvalue weighted by Gasteiger charge is -2.00. The fourth-order valence-electron chi connectivity index (χ4n) is 1.10. The average molecular weight is 176 g/mol. The van der Waals surface area contributed by atoms with Crippen LogP contribution in [0.4, 0.5) is 0 Å². The fourth-order valence-corrected chi connectivity index (χ4v) is 1.10. The first-order valence-corrected chi connectivity index (χ1v) is 3.78. The predicted octanol–water partition coefficient (Wildman–Crippen LogP) is 1.49. The van der Waals surface area contributed by atoms with Gasteiger partial charge in [-0.25, -0.2) is 4.98 Å².